The van der Waals surface area contributed by atoms with Gasteiger partial charge in [-0.1, -0.05) is 0 Å². The molecule has 0 aliphatic rings. The Kier molecular flexibility index (Phi) is 4.73. The number of rotatable bonds is 6. The highest BCUT2D eigenvalue weighted by molar-refractivity contribution is 4.77. The zero-order valence-corrected chi connectivity index (χ0v) is 8.49. The molecule has 1 N–H and O–H groups in total. The molecule has 0 saturated heterocycles. The van der Waals surface area contributed by atoms with E-state index in [9.17, 15) is 0 Å². The number of aryl methyl sites for hydroxylation is 1. The number of aromatic amines is 1. The van der Waals surface area contributed by atoms with Crippen molar-refractivity contribution in [1.82, 2.24) is 4.98 Å². The maximum Gasteiger partial charge on any atom is 0.256 e. The number of H-pyrrole nitrogens is 1. The van der Waals surface area contributed by atoms with Crippen LogP contribution in [0.3, 0.4) is 0 Å². The fraction of sp³-hybridized carbons (Fsp3) is 0.600. The van der Waals surface area contributed by atoms with Crippen molar-refractivity contribution >= 4 is 0 Å². The topological polar surface area (TPSA) is 52.7 Å². The van der Waals surface area contributed by atoms with Crippen molar-refractivity contribution in [3.8, 4) is 6.07 Å². The van der Waals surface area contributed by atoms with E-state index in [1.54, 1.807) is 7.11 Å². The molecule has 1 rings (SSSR count). The van der Waals surface area contributed by atoms with Gasteiger partial charge in [-0.05, 0) is 6.42 Å². The van der Waals surface area contributed by atoms with E-state index in [1.165, 1.54) is 0 Å². The molecule has 14 heavy (non-hydrogen) atoms. The van der Waals surface area contributed by atoms with Gasteiger partial charge in [0.25, 0.3) is 5.82 Å². The number of unbranched alkanes of at least 4 members (excludes halogenated alkanes) is 1. The number of ether oxygens (including phenoxy) is 1. The Morgan fingerprint density at radius 2 is 2.50 bits per heavy atom. The Balaban J connectivity index is 2.42. The third kappa shape index (κ3) is 3.19. The van der Waals surface area contributed by atoms with Crippen LogP contribution >= 0.6 is 0 Å². The molecule has 0 saturated carbocycles. The second kappa shape index (κ2) is 6.17. The van der Waals surface area contributed by atoms with Crippen molar-refractivity contribution in [3.63, 3.8) is 0 Å². The van der Waals surface area contributed by atoms with Crippen LogP contribution in [0.4, 0.5) is 0 Å². The second-order valence-corrected chi connectivity index (χ2v) is 3.10. The molecule has 1 aromatic rings. The summed E-state index contributed by atoms with van der Waals surface area (Å²) in [7, 11) is 1.70. The van der Waals surface area contributed by atoms with Crippen molar-refractivity contribution in [2.45, 2.75) is 25.8 Å². The van der Waals surface area contributed by atoms with Gasteiger partial charge in [-0.25, -0.2) is 9.55 Å². The van der Waals surface area contributed by atoms with E-state index in [-0.39, 0.29) is 0 Å². The minimum atomic E-state index is 0.613. The van der Waals surface area contributed by atoms with Gasteiger partial charge in [-0.3, -0.25) is 0 Å². The average molecular weight is 194 g/mol. The summed E-state index contributed by atoms with van der Waals surface area (Å²) in [4.78, 5) is 3.17. The van der Waals surface area contributed by atoms with Crippen LogP contribution in [0.15, 0.2) is 12.4 Å². The molecule has 0 unspecified atom stereocenters. The number of methoxy groups -OCH3 is 1. The maximum absolute atomic E-state index is 8.42. The number of imidazole rings is 1. The fourth-order valence-corrected chi connectivity index (χ4v) is 1.35. The third-order valence-corrected chi connectivity index (χ3v) is 2.08. The lowest BCUT2D eigenvalue weighted by atomic mass is 10.3. The van der Waals surface area contributed by atoms with Crippen LogP contribution in [0, 0.1) is 11.3 Å². The zero-order valence-electron chi connectivity index (χ0n) is 8.49. The molecular formula is C10H16N3O+. The van der Waals surface area contributed by atoms with Crippen LogP contribution in [-0.4, -0.2) is 18.7 Å². The van der Waals surface area contributed by atoms with Gasteiger partial charge in [0.05, 0.1) is 25.6 Å². The smallest absolute Gasteiger partial charge is 0.256 e. The molecule has 0 atom stereocenters. The number of aromatic nitrogens is 2. The first-order chi connectivity index (χ1) is 6.88. The lowest BCUT2D eigenvalue weighted by Crippen LogP contribution is -2.36. The maximum atomic E-state index is 8.42. The zero-order chi connectivity index (χ0) is 10.2. The van der Waals surface area contributed by atoms with Crippen LogP contribution in [0.1, 0.15) is 18.7 Å². The Morgan fingerprint density at radius 1 is 1.64 bits per heavy atom. The Labute approximate surface area is 84.1 Å². The summed E-state index contributed by atoms with van der Waals surface area (Å²) >= 11 is 0. The van der Waals surface area contributed by atoms with Crippen molar-refractivity contribution < 1.29 is 9.30 Å². The van der Waals surface area contributed by atoms with Crippen LogP contribution in [0.5, 0.6) is 0 Å². The number of hydrogen-bond donors (Lipinski definition) is 1. The molecule has 0 radical (unpaired) electrons. The SMILES string of the molecule is COCCc1[nH]cc[n+]1CCCC#N. The van der Waals surface area contributed by atoms with Gasteiger partial charge < -0.3 is 4.74 Å². The van der Waals surface area contributed by atoms with Crippen molar-refractivity contribution in [3.05, 3.63) is 18.2 Å². The lowest BCUT2D eigenvalue weighted by molar-refractivity contribution is -0.703. The van der Waals surface area contributed by atoms with Crippen LogP contribution < -0.4 is 4.57 Å². The Bertz CT molecular complexity index is 301. The summed E-state index contributed by atoms with van der Waals surface area (Å²) in [5, 5.41) is 8.42. The van der Waals surface area contributed by atoms with Gasteiger partial charge >= 0.3 is 0 Å². The van der Waals surface area contributed by atoms with Gasteiger partial charge in [-0.15, -0.1) is 0 Å². The standard InChI is InChI=1S/C10H15N3O/c1-14-9-4-10-12-6-8-13(10)7-3-2-5-11/h6,8H,2-4,7,9H2,1H3/p+1. The van der Waals surface area contributed by atoms with E-state index in [0.29, 0.717) is 6.42 Å². The quantitative estimate of drug-likeness (QED) is 0.538. The molecule has 0 fully saturated rings. The molecule has 76 valence electrons. The highest BCUT2D eigenvalue weighted by atomic mass is 16.5. The highest BCUT2D eigenvalue weighted by Gasteiger charge is 2.08. The first-order valence-electron chi connectivity index (χ1n) is 4.80. The molecule has 1 heterocycles. The van der Waals surface area contributed by atoms with Crippen molar-refractivity contribution in [2.75, 3.05) is 13.7 Å². The third-order valence-electron chi connectivity index (χ3n) is 2.08. The number of nitrogens with one attached hydrogen (secondary N) is 1. The first-order valence-corrected chi connectivity index (χ1v) is 4.80. The average Bonchev–Trinajstić information content (AvgIpc) is 2.63. The highest BCUT2D eigenvalue weighted by Crippen LogP contribution is 1.92. The molecule has 0 aromatic carbocycles. The second-order valence-electron chi connectivity index (χ2n) is 3.10. The molecule has 0 amide bonds. The van der Waals surface area contributed by atoms with Crippen LogP contribution in [-0.2, 0) is 17.7 Å². The minimum absolute atomic E-state index is 0.613. The Hall–Kier alpha value is -1.34. The summed E-state index contributed by atoms with van der Waals surface area (Å²) in [6.45, 7) is 1.62. The number of nitrogens with zero attached hydrogens (tertiary/aromatic N) is 2. The van der Waals surface area contributed by atoms with Crippen molar-refractivity contribution in [1.29, 1.82) is 5.26 Å². The Morgan fingerprint density at radius 3 is 3.21 bits per heavy atom. The summed E-state index contributed by atoms with van der Waals surface area (Å²) < 4.78 is 7.15. The van der Waals surface area contributed by atoms with Crippen molar-refractivity contribution in [2.24, 2.45) is 0 Å². The van der Waals surface area contributed by atoms with E-state index in [4.69, 9.17) is 10.00 Å². The van der Waals surface area contributed by atoms with Crippen LogP contribution in [0.2, 0.25) is 0 Å². The predicted octanol–water partition coefficient (Wildman–Crippen LogP) is 0.795. The normalized spacial score (nSPS) is 10.0. The molecule has 0 bridgehead atoms. The van der Waals surface area contributed by atoms with Gasteiger partial charge in [0.2, 0.25) is 0 Å². The van der Waals surface area contributed by atoms with E-state index in [2.05, 4.69) is 15.6 Å². The largest absolute Gasteiger partial charge is 0.384 e. The molecule has 0 aliphatic heterocycles. The van der Waals surface area contributed by atoms with E-state index in [0.717, 1.165) is 31.8 Å². The molecule has 4 nitrogen and oxygen atoms in total. The van der Waals surface area contributed by atoms with Gasteiger partial charge in [0.1, 0.15) is 12.4 Å². The minimum Gasteiger partial charge on any atom is -0.384 e. The summed E-state index contributed by atoms with van der Waals surface area (Å²) in [5.41, 5.74) is 0. The van der Waals surface area contributed by atoms with Crippen LogP contribution in [0.25, 0.3) is 0 Å². The monoisotopic (exact) mass is 194 g/mol. The van der Waals surface area contributed by atoms with Gasteiger partial charge in [0.15, 0.2) is 0 Å². The number of nitriles is 1. The van der Waals surface area contributed by atoms with E-state index >= 15 is 0 Å². The molecule has 0 spiro atoms. The van der Waals surface area contributed by atoms with E-state index < -0.39 is 0 Å². The fourth-order valence-electron chi connectivity index (χ4n) is 1.35. The van der Waals surface area contributed by atoms with Gasteiger partial charge in [-0.2, -0.15) is 5.26 Å². The molecular weight excluding hydrogens is 178 g/mol. The van der Waals surface area contributed by atoms with Gasteiger partial charge in [0, 0.05) is 13.5 Å². The predicted molar refractivity (Wildman–Crippen MR) is 51.4 cm³/mol. The molecule has 1 aromatic heterocycles. The number of hydrogen-bond acceptors (Lipinski definition) is 2. The van der Waals surface area contributed by atoms with E-state index in [1.807, 2.05) is 12.4 Å². The summed E-state index contributed by atoms with van der Waals surface area (Å²) in [6, 6.07) is 2.14. The first kappa shape index (κ1) is 10.7. The lowest BCUT2D eigenvalue weighted by Gasteiger charge is -1.98. The summed E-state index contributed by atoms with van der Waals surface area (Å²) in [6.07, 6.45) is 6.32. The summed E-state index contributed by atoms with van der Waals surface area (Å²) in [5.74, 6) is 1.16. The molecule has 4 heteroatoms. The molecule has 0 aliphatic carbocycles.